The van der Waals surface area contributed by atoms with E-state index >= 15 is 0 Å². The maximum absolute atomic E-state index is 12.0. The van der Waals surface area contributed by atoms with Crippen LogP contribution in [0.3, 0.4) is 0 Å². The molecule has 1 aromatic rings. The maximum Gasteiger partial charge on any atom is 0.241 e. The number of sulfonamides is 1. The normalized spacial score (nSPS) is 11.5. The van der Waals surface area contributed by atoms with Crippen LogP contribution in [-0.2, 0) is 10.0 Å². The largest absolute Gasteiger partial charge is 0.497 e. The molecule has 7 heteroatoms. The van der Waals surface area contributed by atoms with Gasteiger partial charge in [0, 0.05) is 23.6 Å². The van der Waals surface area contributed by atoms with Crippen molar-refractivity contribution in [1.29, 1.82) is 0 Å². The Morgan fingerprint density at radius 2 is 2.06 bits per heavy atom. The van der Waals surface area contributed by atoms with Gasteiger partial charge in [0.05, 0.1) is 12.0 Å². The van der Waals surface area contributed by atoms with Gasteiger partial charge in [-0.2, -0.15) is 0 Å². The highest BCUT2D eigenvalue weighted by molar-refractivity contribution is 9.10. The summed E-state index contributed by atoms with van der Waals surface area (Å²) in [5, 5.41) is 2.87. The Balaban J connectivity index is 2.97. The van der Waals surface area contributed by atoms with Crippen LogP contribution < -0.4 is 14.8 Å². The topological polar surface area (TPSA) is 67.4 Å². The minimum absolute atomic E-state index is 0.174. The molecule has 0 fully saturated rings. The maximum atomic E-state index is 12.0. The standard InChI is InChI=1S/C10H15BrN2O3S/c1-12-5-6-13-17(14,15)10-7-8(16-2)3-4-9(10)11/h3-4,7,12-13H,5-6H2,1-2H3. The highest BCUT2D eigenvalue weighted by atomic mass is 79.9. The molecule has 2 N–H and O–H groups in total. The predicted octanol–water partition coefficient (Wildman–Crippen LogP) is 0.955. The highest BCUT2D eigenvalue weighted by Crippen LogP contribution is 2.26. The first-order valence-corrected chi connectivity index (χ1v) is 7.26. The van der Waals surface area contributed by atoms with Gasteiger partial charge in [-0.05, 0) is 35.1 Å². The van der Waals surface area contributed by atoms with Crippen molar-refractivity contribution in [1.82, 2.24) is 10.0 Å². The molecule has 0 aliphatic rings. The summed E-state index contributed by atoms with van der Waals surface area (Å²) in [4.78, 5) is 0.174. The Morgan fingerprint density at radius 1 is 1.35 bits per heavy atom. The molecule has 1 rings (SSSR count). The third-order valence-electron chi connectivity index (χ3n) is 2.09. The van der Waals surface area contributed by atoms with Gasteiger partial charge >= 0.3 is 0 Å². The van der Waals surface area contributed by atoms with E-state index in [2.05, 4.69) is 26.0 Å². The van der Waals surface area contributed by atoms with Crippen LogP contribution in [0.1, 0.15) is 0 Å². The Bertz CT molecular complexity index is 476. The van der Waals surface area contributed by atoms with E-state index in [0.717, 1.165) is 0 Å². The lowest BCUT2D eigenvalue weighted by atomic mass is 10.3. The van der Waals surface area contributed by atoms with Crippen LogP contribution in [0.4, 0.5) is 0 Å². The summed E-state index contributed by atoms with van der Waals surface area (Å²) in [7, 11) is -0.259. The van der Waals surface area contributed by atoms with E-state index in [0.29, 0.717) is 23.3 Å². The number of methoxy groups -OCH3 is 1. The number of benzene rings is 1. The number of halogens is 1. The van der Waals surface area contributed by atoms with Crippen molar-refractivity contribution in [3.05, 3.63) is 22.7 Å². The van der Waals surface area contributed by atoms with Gasteiger partial charge in [0.1, 0.15) is 5.75 Å². The van der Waals surface area contributed by atoms with Crippen molar-refractivity contribution in [3.63, 3.8) is 0 Å². The smallest absolute Gasteiger partial charge is 0.241 e. The molecule has 0 heterocycles. The van der Waals surface area contributed by atoms with Crippen molar-refractivity contribution in [2.24, 2.45) is 0 Å². The molecule has 0 bridgehead atoms. The molecule has 0 aliphatic heterocycles. The van der Waals surface area contributed by atoms with Crippen LogP contribution in [0.2, 0.25) is 0 Å². The van der Waals surface area contributed by atoms with Crippen LogP contribution >= 0.6 is 15.9 Å². The molecular weight excluding hydrogens is 308 g/mol. The Morgan fingerprint density at radius 3 is 2.65 bits per heavy atom. The van der Waals surface area contributed by atoms with Crippen LogP contribution in [0, 0.1) is 0 Å². The van der Waals surface area contributed by atoms with Crippen LogP contribution in [0.25, 0.3) is 0 Å². The van der Waals surface area contributed by atoms with Gasteiger partial charge in [-0.25, -0.2) is 13.1 Å². The monoisotopic (exact) mass is 322 g/mol. The zero-order valence-corrected chi connectivity index (χ0v) is 12.1. The molecular formula is C10H15BrN2O3S. The summed E-state index contributed by atoms with van der Waals surface area (Å²) in [5.74, 6) is 0.502. The first kappa shape index (κ1) is 14.4. The van der Waals surface area contributed by atoms with Crippen LogP contribution in [0.5, 0.6) is 5.75 Å². The lowest BCUT2D eigenvalue weighted by molar-refractivity contribution is 0.413. The quantitative estimate of drug-likeness (QED) is 0.765. The molecule has 0 unspecified atom stereocenters. The molecule has 96 valence electrons. The Labute approximate surface area is 110 Å². The number of rotatable bonds is 6. The first-order valence-electron chi connectivity index (χ1n) is 4.99. The zero-order valence-electron chi connectivity index (χ0n) is 9.66. The summed E-state index contributed by atoms with van der Waals surface area (Å²) in [5.41, 5.74) is 0. The van der Waals surface area contributed by atoms with Crippen LogP contribution in [-0.4, -0.2) is 35.7 Å². The summed E-state index contributed by atoms with van der Waals surface area (Å²) in [6, 6.07) is 4.81. The molecule has 0 aliphatic carbocycles. The van der Waals surface area contributed by atoms with Gasteiger partial charge in [0.25, 0.3) is 0 Å². The molecule has 5 nitrogen and oxygen atoms in total. The third kappa shape index (κ3) is 3.95. The van der Waals surface area contributed by atoms with Gasteiger partial charge in [-0.15, -0.1) is 0 Å². The number of hydrogen-bond donors (Lipinski definition) is 2. The minimum atomic E-state index is -3.51. The molecule has 0 atom stereocenters. The third-order valence-corrected chi connectivity index (χ3v) is 4.55. The average Bonchev–Trinajstić information content (AvgIpc) is 2.29. The summed E-state index contributed by atoms with van der Waals surface area (Å²) in [6.07, 6.45) is 0. The second-order valence-corrected chi connectivity index (χ2v) is 5.89. The van der Waals surface area contributed by atoms with Gasteiger partial charge in [0.15, 0.2) is 0 Å². The summed E-state index contributed by atoms with van der Waals surface area (Å²) >= 11 is 3.21. The lowest BCUT2D eigenvalue weighted by Gasteiger charge is -2.09. The SMILES string of the molecule is CNCCNS(=O)(=O)c1cc(OC)ccc1Br. The Hall–Kier alpha value is -0.630. The van der Waals surface area contributed by atoms with Crippen molar-refractivity contribution in [2.75, 3.05) is 27.2 Å². The van der Waals surface area contributed by atoms with E-state index in [-0.39, 0.29) is 4.90 Å². The van der Waals surface area contributed by atoms with Gasteiger partial charge in [-0.1, -0.05) is 0 Å². The molecule has 0 saturated heterocycles. The first-order chi connectivity index (χ1) is 8.01. The van der Waals surface area contributed by atoms with Gasteiger partial charge in [0.2, 0.25) is 10.0 Å². The average molecular weight is 323 g/mol. The number of likely N-dealkylation sites (N-methyl/N-ethyl adjacent to an activating group) is 1. The molecule has 0 saturated carbocycles. The van der Waals surface area contributed by atoms with E-state index in [1.807, 2.05) is 0 Å². The van der Waals surface area contributed by atoms with Crippen molar-refractivity contribution in [3.8, 4) is 5.75 Å². The van der Waals surface area contributed by atoms with Crippen molar-refractivity contribution >= 4 is 26.0 Å². The fourth-order valence-electron chi connectivity index (χ4n) is 1.20. The molecule has 0 spiro atoms. The van der Waals surface area contributed by atoms with Gasteiger partial charge < -0.3 is 10.1 Å². The van der Waals surface area contributed by atoms with E-state index in [4.69, 9.17) is 4.74 Å². The molecule has 0 amide bonds. The van der Waals surface area contributed by atoms with Crippen LogP contribution in [0.15, 0.2) is 27.6 Å². The van der Waals surface area contributed by atoms with Crippen molar-refractivity contribution < 1.29 is 13.2 Å². The predicted molar refractivity (Wildman–Crippen MR) is 69.8 cm³/mol. The Kier molecular flexibility index (Phi) is 5.38. The van der Waals surface area contributed by atoms with Gasteiger partial charge in [-0.3, -0.25) is 0 Å². The second kappa shape index (κ2) is 6.34. The lowest BCUT2D eigenvalue weighted by Crippen LogP contribution is -2.30. The molecule has 0 radical (unpaired) electrons. The van der Waals surface area contributed by atoms with E-state index in [9.17, 15) is 8.42 Å². The number of ether oxygens (including phenoxy) is 1. The van der Waals surface area contributed by atoms with E-state index in [1.165, 1.54) is 13.2 Å². The molecule has 1 aromatic carbocycles. The minimum Gasteiger partial charge on any atom is -0.497 e. The zero-order chi connectivity index (χ0) is 12.9. The molecule has 0 aromatic heterocycles. The van der Waals surface area contributed by atoms with Crippen molar-refractivity contribution in [2.45, 2.75) is 4.90 Å². The summed E-state index contributed by atoms with van der Waals surface area (Å²) in [6.45, 7) is 0.906. The number of hydrogen-bond acceptors (Lipinski definition) is 4. The fraction of sp³-hybridized carbons (Fsp3) is 0.400. The highest BCUT2D eigenvalue weighted by Gasteiger charge is 2.17. The molecule has 17 heavy (non-hydrogen) atoms. The van der Waals surface area contributed by atoms with E-state index < -0.39 is 10.0 Å². The summed E-state index contributed by atoms with van der Waals surface area (Å²) < 4.78 is 32.0. The fourth-order valence-corrected chi connectivity index (χ4v) is 3.21. The number of nitrogens with one attached hydrogen (secondary N) is 2. The second-order valence-electron chi connectivity index (χ2n) is 3.30. The van der Waals surface area contributed by atoms with E-state index in [1.54, 1.807) is 19.2 Å².